The van der Waals surface area contributed by atoms with Gasteiger partial charge in [-0.05, 0) is 48.9 Å². The van der Waals surface area contributed by atoms with Crippen molar-refractivity contribution in [1.29, 1.82) is 0 Å². The van der Waals surface area contributed by atoms with Crippen LogP contribution in [0.3, 0.4) is 0 Å². The van der Waals surface area contributed by atoms with Crippen molar-refractivity contribution in [3.05, 3.63) is 47.5 Å². The summed E-state index contributed by atoms with van der Waals surface area (Å²) >= 11 is 0. The van der Waals surface area contributed by atoms with E-state index in [1.807, 2.05) is 23.1 Å². The minimum Gasteiger partial charge on any atom is -0.330 e. The molecule has 1 amide bonds. The van der Waals surface area contributed by atoms with Gasteiger partial charge in [0.1, 0.15) is 5.69 Å². The van der Waals surface area contributed by atoms with Crippen LogP contribution in [0.4, 0.5) is 0 Å². The SMILES string of the molecule is CC(C)Cc1cc(C(=O)N2CCCC2c2ccncc2)n[nH]1. The van der Waals surface area contributed by atoms with Crippen molar-refractivity contribution in [2.45, 2.75) is 39.2 Å². The number of carbonyl (C=O) groups is 1. The highest BCUT2D eigenvalue weighted by atomic mass is 16.2. The number of rotatable bonds is 4. The average Bonchev–Trinajstić information content (AvgIpc) is 3.16. The number of pyridine rings is 1. The van der Waals surface area contributed by atoms with Gasteiger partial charge in [-0.1, -0.05) is 13.8 Å². The zero-order valence-electron chi connectivity index (χ0n) is 13.1. The van der Waals surface area contributed by atoms with E-state index >= 15 is 0 Å². The zero-order chi connectivity index (χ0) is 15.5. The van der Waals surface area contributed by atoms with Crippen LogP contribution in [-0.4, -0.2) is 32.5 Å². The third kappa shape index (κ3) is 3.03. The second-order valence-electron chi connectivity index (χ2n) is 6.31. The van der Waals surface area contributed by atoms with E-state index in [1.54, 1.807) is 12.4 Å². The molecule has 5 nitrogen and oxygen atoms in total. The van der Waals surface area contributed by atoms with E-state index in [4.69, 9.17) is 0 Å². The van der Waals surface area contributed by atoms with Gasteiger partial charge in [0, 0.05) is 24.6 Å². The molecule has 3 rings (SSSR count). The van der Waals surface area contributed by atoms with Crippen LogP contribution in [0, 0.1) is 5.92 Å². The fourth-order valence-electron chi connectivity index (χ4n) is 3.10. The first-order chi connectivity index (χ1) is 10.6. The zero-order valence-corrected chi connectivity index (χ0v) is 13.1. The summed E-state index contributed by atoms with van der Waals surface area (Å²) in [6.07, 6.45) is 6.51. The van der Waals surface area contributed by atoms with E-state index in [0.29, 0.717) is 11.6 Å². The third-order valence-electron chi connectivity index (χ3n) is 4.08. The minimum atomic E-state index is 0.0190. The number of hydrogen-bond donors (Lipinski definition) is 1. The van der Waals surface area contributed by atoms with E-state index in [9.17, 15) is 4.79 Å². The molecule has 0 radical (unpaired) electrons. The lowest BCUT2D eigenvalue weighted by atomic mass is 10.1. The quantitative estimate of drug-likeness (QED) is 0.944. The number of nitrogens with one attached hydrogen (secondary N) is 1. The molecular weight excluding hydrogens is 276 g/mol. The summed E-state index contributed by atoms with van der Waals surface area (Å²) in [6.45, 7) is 5.10. The Morgan fingerprint density at radius 1 is 1.41 bits per heavy atom. The van der Waals surface area contributed by atoms with Crippen LogP contribution >= 0.6 is 0 Å². The smallest absolute Gasteiger partial charge is 0.274 e. The summed E-state index contributed by atoms with van der Waals surface area (Å²) in [5, 5.41) is 7.20. The molecule has 0 saturated carbocycles. The van der Waals surface area contributed by atoms with E-state index in [-0.39, 0.29) is 11.9 Å². The number of hydrogen-bond acceptors (Lipinski definition) is 3. The van der Waals surface area contributed by atoms with Gasteiger partial charge < -0.3 is 4.90 Å². The van der Waals surface area contributed by atoms with Crippen LogP contribution in [0.15, 0.2) is 30.6 Å². The van der Waals surface area contributed by atoms with Gasteiger partial charge in [0.25, 0.3) is 5.91 Å². The molecule has 1 atom stereocenters. The molecule has 1 saturated heterocycles. The molecule has 116 valence electrons. The number of amides is 1. The molecule has 22 heavy (non-hydrogen) atoms. The molecule has 0 bridgehead atoms. The standard InChI is InChI=1S/C17H22N4O/c1-12(2)10-14-11-15(20-19-14)17(22)21-9-3-4-16(21)13-5-7-18-8-6-13/h5-8,11-12,16H,3-4,9-10H2,1-2H3,(H,19,20). The Morgan fingerprint density at radius 2 is 2.18 bits per heavy atom. The van der Waals surface area contributed by atoms with Crippen LogP contribution in [0.5, 0.6) is 0 Å². The number of likely N-dealkylation sites (tertiary alicyclic amines) is 1. The van der Waals surface area contributed by atoms with Crippen molar-refractivity contribution in [3.8, 4) is 0 Å². The first-order valence-electron chi connectivity index (χ1n) is 7.90. The molecule has 2 aromatic rings. The number of aromatic nitrogens is 3. The predicted octanol–water partition coefficient (Wildman–Crippen LogP) is 2.98. The number of nitrogens with zero attached hydrogens (tertiary/aromatic N) is 3. The van der Waals surface area contributed by atoms with Crippen molar-refractivity contribution < 1.29 is 4.79 Å². The topological polar surface area (TPSA) is 61.9 Å². The molecule has 0 spiro atoms. The molecule has 1 fully saturated rings. The van der Waals surface area contributed by atoms with Gasteiger partial charge in [0.15, 0.2) is 0 Å². The van der Waals surface area contributed by atoms with Gasteiger partial charge in [-0.15, -0.1) is 0 Å². The summed E-state index contributed by atoms with van der Waals surface area (Å²) in [7, 11) is 0. The first-order valence-corrected chi connectivity index (χ1v) is 7.90. The highest BCUT2D eigenvalue weighted by Crippen LogP contribution is 2.32. The Morgan fingerprint density at radius 3 is 2.91 bits per heavy atom. The predicted molar refractivity (Wildman–Crippen MR) is 84.4 cm³/mol. The fourth-order valence-corrected chi connectivity index (χ4v) is 3.10. The lowest BCUT2D eigenvalue weighted by Gasteiger charge is -2.24. The number of aromatic amines is 1. The maximum absolute atomic E-state index is 12.8. The molecule has 1 aliphatic heterocycles. The fraction of sp³-hybridized carbons (Fsp3) is 0.471. The monoisotopic (exact) mass is 298 g/mol. The van der Waals surface area contributed by atoms with Crippen molar-refractivity contribution in [1.82, 2.24) is 20.1 Å². The van der Waals surface area contributed by atoms with Gasteiger partial charge in [-0.25, -0.2) is 0 Å². The van der Waals surface area contributed by atoms with Gasteiger partial charge >= 0.3 is 0 Å². The maximum Gasteiger partial charge on any atom is 0.274 e. The summed E-state index contributed by atoms with van der Waals surface area (Å²) in [4.78, 5) is 18.7. The van der Waals surface area contributed by atoms with Crippen molar-refractivity contribution in [2.75, 3.05) is 6.54 Å². The number of H-pyrrole nitrogens is 1. The van der Waals surface area contributed by atoms with Crippen molar-refractivity contribution in [2.24, 2.45) is 5.92 Å². The Hall–Kier alpha value is -2.17. The Balaban J connectivity index is 1.77. The van der Waals surface area contributed by atoms with Crippen LogP contribution < -0.4 is 0 Å². The van der Waals surface area contributed by atoms with Gasteiger partial charge in [0.05, 0.1) is 6.04 Å². The molecule has 0 aliphatic carbocycles. The van der Waals surface area contributed by atoms with Crippen LogP contribution in [-0.2, 0) is 6.42 Å². The molecule has 5 heteroatoms. The summed E-state index contributed by atoms with van der Waals surface area (Å²) in [5.74, 6) is 0.560. The van der Waals surface area contributed by atoms with Gasteiger partial charge in [-0.3, -0.25) is 14.9 Å². The lowest BCUT2D eigenvalue weighted by molar-refractivity contribution is 0.0729. The second-order valence-corrected chi connectivity index (χ2v) is 6.31. The largest absolute Gasteiger partial charge is 0.330 e. The Kier molecular flexibility index (Phi) is 4.22. The van der Waals surface area contributed by atoms with E-state index in [2.05, 4.69) is 29.0 Å². The Labute approximate surface area is 130 Å². The average molecular weight is 298 g/mol. The normalized spacial score (nSPS) is 18.1. The van der Waals surface area contributed by atoms with E-state index in [0.717, 1.165) is 37.1 Å². The highest BCUT2D eigenvalue weighted by molar-refractivity contribution is 5.92. The second kappa shape index (κ2) is 6.30. The minimum absolute atomic E-state index is 0.0190. The molecular formula is C17H22N4O. The van der Waals surface area contributed by atoms with Crippen LogP contribution in [0.25, 0.3) is 0 Å². The number of carbonyl (C=O) groups excluding carboxylic acids is 1. The first kappa shape index (κ1) is 14.8. The van der Waals surface area contributed by atoms with Gasteiger partial charge in [-0.2, -0.15) is 5.10 Å². The van der Waals surface area contributed by atoms with Crippen molar-refractivity contribution in [3.63, 3.8) is 0 Å². The van der Waals surface area contributed by atoms with Crippen molar-refractivity contribution >= 4 is 5.91 Å². The summed E-state index contributed by atoms with van der Waals surface area (Å²) in [5.41, 5.74) is 2.70. The maximum atomic E-state index is 12.8. The van der Waals surface area contributed by atoms with Gasteiger partial charge in [0.2, 0.25) is 0 Å². The van der Waals surface area contributed by atoms with E-state index < -0.39 is 0 Å². The van der Waals surface area contributed by atoms with E-state index in [1.165, 1.54) is 0 Å². The molecule has 0 aromatic carbocycles. The molecule has 1 unspecified atom stereocenters. The third-order valence-corrected chi connectivity index (χ3v) is 4.08. The summed E-state index contributed by atoms with van der Waals surface area (Å²) in [6, 6.07) is 6.01. The van der Waals surface area contributed by atoms with Crippen LogP contribution in [0.2, 0.25) is 0 Å². The van der Waals surface area contributed by atoms with Crippen LogP contribution in [0.1, 0.15) is 54.5 Å². The molecule has 1 aliphatic rings. The summed E-state index contributed by atoms with van der Waals surface area (Å²) < 4.78 is 0. The molecule has 2 aromatic heterocycles. The molecule has 3 heterocycles. The highest BCUT2D eigenvalue weighted by Gasteiger charge is 2.31. The lowest BCUT2D eigenvalue weighted by Crippen LogP contribution is -2.30. The molecule has 1 N–H and O–H groups in total. The Bertz CT molecular complexity index is 635.